The van der Waals surface area contributed by atoms with Gasteiger partial charge in [0.05, 0.1) is 24.5 Å². The van der Waals surface area contributed by atoms with Crippen molar-refractivity contribution < 1.29 is 23.5 Å². The van der Waals surface area contributed by atoms with E-state index >= 15 is 0 Å². The highest BCUT2D eigenvalue weighted by molar-refractivity contribution is 6.63. The van der Waals surface area contributed by atoms with Gasteiger partial charge in [-0.2, -0.15) is 5.10 Å². The van der Waals surface area contributed by atoms with Crippen LogP contribution in [-0.4, -0.2) is 49.5 Å². The fraction of sp³-hybridized carbons (Fsp3) is 0.474. The molecule has 7 nitrogen and oxygen atoms in total. The van der Waals surface area contributed by atoms with Gasteiger partial charge in [-0.05, 0) is 39.3 Å². The molecule has 2 aromatic rings. The van der Waals surface area contributed by atoms with Gasteiger partial charge in [0, 0.05) is 24.2 Å². The van der Waals surface area contributed by atoms with Crippen LogP contribution in [0.3, 0.4) is 0 Å². The number of nitrogens with zero attached hydrogens (tertiary/aromatic N) is 2. The minimum Gasteiger partial charge on any atom is -0.480 e. The first-order valence-corrected chi connectivity index (χ1v) is 8.76. The third-order valence-electron chi connectivity index (χ3n) is 5.03. The van der Waals surface area contributed by atoms with E-state index in [1.165, 1.54) is 0 Å². The van der Waals surface area contributed by atoms with Gasteiger partial charge >= 0.3 is 7.12 Å². The lowest BCUT2D eigenvalue weighted by Gasteiger charge is -2.32. The molecule has 2 heterocycles. The van der Waals surface area contributed by atoms with Crippen molar-refractivity contribution >= 4 is 12.6 Å². The molecule has 0 saturated carbocycles. The second kappa shape index (κ2) is 7.46. The smallest absolute Gasteiger partial charge is 0.480 e. The summed E-state index contributed by atoms with van der Waals surface area (Å²) in [5.74, 6) is 1.07. The van der Waals surface area contributed by atoms with Gasteiger partial charge in [0.2, 0.25) is 5.88 Å². The molecule has 1 aromatic heterocycles. The van der Waals surface area contributed by atoms with Crippen LogP contribution in [0.15, 0.2) is 30.5 Å². The summed E-state index contributed by atoms with van der Waals surface area (Å²) < 4.78 is 28.4. The maximum atomic E-state index is 6.17. The number of methoxy groups -OCH3 is 2. The minimum atomic E-state index is -0.527. The molecule has 0 N–H and O–H groups in total. The lowest BCUT2D eigenvalue weighted by molar-refractivity contribution is 0.00578. The number of benzene rings is 1. The monoisotopic (exact) mass is 372 g/mol. The molecule has 1 aliphatic rings. The molecule has 3 rings (SSSR count). The number of rotatable bonds is 6. The molecule has 8 heteroatoms. The van der Waals surface area contributed by atoms with E-state index in [0.717, 1.165) is 16.6 Å². The molecule has 0 atom stereocenters. The summed E-state index contributed by atoms with van der Waals surface area (Å²) in [5.41, 5.74) is 1.72. The van der Waals surface area contributed by atoms with Gasteiger partial charge < -0.3 is 23.5 Å². The third-order valence-corrected chi connectivity index (χ3v) is 5.03. The average molecular weight is 372 g/mol. The quantitative estimate of drug-likeness (QED) is 0.570. The second-order valence-electron chi connectivity index (χ2n) is 7.38. The Morgan fingerprint density at radius 3 is 2.33 bits per heavy atom. The van der Waals surface area contributed by atoms with Gasteiger partial charge in [-0.15, -0.1) is 5.10 Å². The predicted molar refractivity (Wildman–Crippen MR) is 102 cm³/mol. The van der Waals surface area contributed by atoms with Gasteiger partial charge in [0.15, 0.2) is 6.79 Å². The van der Waals surface area contributed by atoms with Gasteiger partial charge in [0.25, 0.3) is 0 Å². The maximum absolute atomic E-state index is 6.17. The van der Waals surface area contributed by atoms with Gasteiger partial charge in [-0.3, -0.25) is 0 Å². The Kier molecular flexibility index (Phi) is 5.42. The molecule has 1 aromatic carbocycles. The van der Waals surface area contributed by atoms with Crippen LogP contribution >= 0.6 is 0 Å². The molecule has 0 amide bonds. The second-order valence-corrected chi connectivity index (χ2v) is 7.38. The average Bonchev–Trinajstić information content (AvgIpc) is 2.87. The zero-order valence-electron chi connectivity index (χ0n) is 16.6. The molecular weight excluding hydrogens is 347 g/mol. The maximum Gasteiger partial charge on any atom is 0.498 e. The number of hydrogen-bond donors (Lipinski definition) is 0. The van der Waals surface area contributed by atoms with E-state index in [0.29, 0.717) is 11.6 Å². The van der Waals surface area contributed by atoms with Crippen LogP contribution in [0.5, 0.6) is 11.6 Å². The van der Waals surface area contributed by atoms with Crippen LogP contribution in [0.2, 0.25) is 0 Å². The Balaban J connectivity index is 1.97. The molecule has 1 saturated heterocycles. The Hall–Kier alpha value is -2.16. The predicted octanol–water partition coefficient (Wildman–Crippen LogP) is 2.43. The van der Waals surface area contributed by atoms with Crippen molar-refractivity contribution in [3.05, 3.63) is 30.5 Å². The van der Waals surface area contributed by atoms with Crippen LogP contribution < -0.4 is 14.9 Å². The highest BCUT2D eigenvalue weighted by atomic mass is 16.7. The lowest BCUT2D eigenvalue weighted by Crippen LogP contribution is -2.41. The first-order chi connectivity index (χ1) is 12.8. The van der Waals surface area contributed by atoms with E-state index in [9.17, 15) is 0 Å². The van der Waals surface area contributed by atoms with E-state index in [4.69, 9.17) is 23.5 Å². The highest BCUT2D eigenvalue weighted by Gasteiger charge is 2.52. The molecule has 1 aliphatic heterocycles. The Bertz CT molecular complexity index is 796. The third kappa shape index (κ3) is 3.92. The zero-order valence-corrected chi connectivity index (χ0v) is 16.6. The molecule has 1 fully saturated rings. The molecule has 0 unspecified atom stereocenters. The van der Waals surface area contributed by atoms with E-state index in [1.54, 1.807) is 20.4 Å². The van der Waals surface area contributed by atoms with E-state index in [-0.39, 0.29) is 6.79 Å². The molecule has 0 aliphatic carbocycles. The van der Waals surface area contributed by atoms with Crippen molar-refractivity contribution in [1.82, 2.24) is 10.2 Å². The molecule has 27 heavy (non-hydrogen) atoms. The Morgan fingerprint density at radius 2 is 1.70 bits per heavy atom. The van der Waals surface area contributed by atoms with E-state index < -0.39 is 18.3 Å². The molecule has 0 bridgehead atoms. The Labute approximate surface area is 160 Å². The first-order valence-electron chi connectivity index (χ1n) is 8.76. The van der Waals surface area contributed by atoms with Crippen molar-refractivity contribution in [2.45, 2.75) is 38.9 Å². The fourth-order valence-electron chi connectivity index (χ4n) is 2.73. The number of aromatic nitrogens is 2. The molecule has 144 valence electrons. The summed E-state index contributed by atoms with van der Waals surface area (Å²) in [6.45, 7) is 8.20. The van der Waals surface area contributed by atoms with Gasteiger partial charge in [0.1, 0.15) is 5.75 Å². The number of ether oxygens (including phenoxy) is 3. The molecular formula is C19H25BN2O5. The van der Waals surface area contributed by atoms with Gasteiger partial charge in [-0.1, -0.05) is 12.1 Å². The molecule has 0 spiro atoms. The summed E-state index contributed by atoms with van der Waals surface area (Å²) in [4.78, 5) is 0. The topological polar surface area (TPSA) is 71.9 Å². The standard InChI is InChI=1S/C19H25BN2O5/c1-18(2)19(3,4)27-20(26-18)15-8-7-13(9-16(15)25-12-23-5)14-10-17(24-6)22-21-11-14/h7-11H,12H2,1-6H3. The van der Waals surface area contributed by atoms with Crippen molar-refractivity contribution in [3.8, 4) is 22.8 Å². The number of hydrogen-bond acceptors (Lipinski definition) is 7. The first kappa shape index (κ1) is 19.6. The largest absolute Gasteiger partial charge is 0.498 e. The Morgan fingerprint density at radius 1 is 1.00 bits per heavy atom. The van der Waals surface area contributed by atoms with Crippen LogP contribution in [0, 0.1) is 0 Å². The van der Waals surface area contributed by atoms with Crippen LogP contribution in [0.1, 0.15) is 27.7 Å². The van der Waals surface area contributed by atoms with Crippen LogP contribution in [-0.2, 0) is 14.0 Å². The fourth-order valence-corrected chi connectivity index (χ4v) is 2.73. The van der Waals surface area contributed by atoms with Crippen LogP contribution in [0.4, 0.5) is 0 Å². The van der Waals surface area contributed by atoms with Crippen LogP contribution in [0.25, 0.3) is 11.1 Å². The highest BCUT2D eigenvalue weighted by Crippen LogP contribution is 2.37. The zero-order chi connectivity index (χ0) is 19.7. The van der Waals surface area contributed by atoms with Crippen molar-refractivity contribution in [3.63, 3.8) is 0 Å². The molecule has 0 radical (unpaired) electrons. The van der Waals surface area contributed by atoms with E-state index in [1.807, 2.05) is 52.0 Å². The minimum absolute atomic E-state index is 0.119. The van der Waals surface area contributed by atoms with Crippen molar-refractivity contribution in [1.29, 1.82) is 0 Å². The summed E-state index contributed by atoms with van der Waals surface area (Å²) in [5, 5.41) is 7.88. The summed E-state index contributed by atoms with van der Waals surface area (Å²) in [6.07, 6.45) is 1.67. The van der Waals surface area contributed by atoms with Crippen molar-refractivity contribution in [2.75, 3.05) is 21.0 Å². The van der Waals surface area contributed by atoms with E-state index in [2.05, 4.69) is 10.2 Å². The SMILES string of the molecule is COCOc1cc(-c2cnnc(OC)c2)ccc1B1OC(C)(C)C(C)(C)O1. The summed E-state index contributed by atoms with van der Waals surface area (Å²) in [6, 6.07) is 7.64. The van der Waals surface area contributed by atoms with Gasteiger partial charge in [-0.25, -0.2) is 0 Å². The summed E-state index contributed by atoms with van der Waals surface area (Å²) in [7, 11) is 2.61. The van der Waals surface area contributed by atoms with Crippen molar-refractivity contribution in [2.24, 2.45) is 0 Å². The summed E-state index contributed by atoms with van der Waals surface area (Å²) >= 11 is 0. The normalized spacial score (nSPS) is 17.8. The lowest BCUT2D eigenvalue weighted by atomic mass is 9.77.